The molecule has 4 heteroatoms. The summed E-state index contributed by atoms with van der Waals surface area (Å²) in [6.45, 7) is 1.84. The Morgan fingerprint density at radius 2 is 1.68 bits per heavy atom. The van der Waals surface area contributed by atoms with Gasteiger partial charge < -0.3 is 14.2 Å². The highest BCUT2D eigenvalue weighted by molar-refractivity contribution is 6.17. The van der Waals surface area contributed by atoms with Crippen molar-refractivity contribution in [3.63, 3.8) is 0 Å². The van der Waals surface area contributed by atoms with E-state index < -0.39 is 5.97 Å². The van der Waals surface area contributed by atoms with Crippen LogP contribution in [-0.4, -0.2) is 19.9 Å². The summed E-state index contributed by atoms with van der Waals surface area (Å²) in [7, 11) is 1.35. The van der Waals surface area contributed by atoms with Crippen molar-refractivity contribution in [2.45, 2.75) is 6.92 Å². The number of benzene rings is 2. The molecule has 2 rings (SSSR count). The number of carbonyl (C=O) groups is 1. The molecular formula is C18H18O4. The molecule has 0 aliphatic carbocycles. The van der Waals surface area contributed by atoms with Gasteiger partial charge >= 0.3 is 5.97 Å². The summed E-state index contributed by atoms with van der Waals surface area (Å²) in [5.41, 5.74) is 1.13. The molecule has 0 saturated heterocycles. The lowest BCUT2D eigenvalue weighted by molar-refractivity contribution is -0.133. The monoisotopic (exact) mass is 298 g/mol. The zero-order valence-electron chi connectivity index (χ0n) is 12.6. The third-order valence-corrected chi connectivity index (χ3v) is 3.05. The van der Waals surface area contributed by atoms with Crippen LogP contribution in [0.2, 0.25) is 0 Å². The van der Waals surface area contributed by atoms with Crippen LogP contribution in [-0.2, 0) is 9.53 Å². The highest BCUT2D eigenvalue weighted by Gasteiger charge is 2.15. The van der Waals surface area contributed by atoms with Crippen LogP contribution in [0.3, 0.4) is 0 Å². The van der Waals surface area contributed by atoms with Crippen molar-refractivity contribution in [2.24, 2.45) is 0 Å². The molecule has 0 unspecified atom stereocenters. The number of esters is 1. The lowest BCUT2D eigenvalue weighted by Crippen LogP contribution is -2.09. The second-order valence-corrected chi connectivity index (χ2v) is 4.41. The van der Waals surface area contributed by atoms with E-state index in [-0.39, 0.29) is 6.79 Å². The summed E-state index contributed by atoms with van der Waals surface area (Å²) >= 11 is 0. The Labute approximate surface area is 129 Å². The predicted molar refractivity (Wildman–Crippen MR) is 84.7 cm³/mol. The Kier molecular flexibility index (Phi) is 5.60. The first kappa shape index (κ1) is 15.6. The standard InChI is InChI=1S/C18H18O4/c1-3-15(18(19)20-2)16-11-7-8-12-17(16)22-13-21-14-9-5-4-6-10-14/h3-12H,13H2,1-2H3/b15-3-. The fourth-order valence-electron chi connectivity index (χ4n) is 1.99. The van der Waals surface area contributed by atoms with Crippen molar-refractivity contribution in [1.82, 2.24) is 0 Å². The van der Waals surface area contributed by atoms with Crippen LogP contribution in [0.4, 0.5) is 0 Å². The summed E-state index contributed by atoms with van der Waals surface area (Å²) in [6.07, 6.45) is 1.70. The normalized spacial score (nSPS) is 10.9. The Morgan fingerprint density at radius 3 is 2.36 bits per heavy atom. The van der Waals surface area contributed by atoms with Crippen LogP contribution in [0, 0.1) is 0 Å². The van der Waals surface area contributed by atoms with Crippen LogP contribution in [0.15, 0.2) is 60.7 Å². The molecule has 4 nitrogen and oxygen atoms in total. The van der Waals surface area contributed by atoms with Gasteiger partial charge in [-0.3, -0.25) is 0 Å². The number of para-hydroxylation sites is 2. The largest absolute Gasteiger partial charge is 0.465 e. The van der Waals surface area contributed by atoms with Gasteiger partial charge in [-0.15, -0.1) is 0 Å². The summed E-state index contributed by atoms with van der Waals surface area (Å²) in [4.78, 5) is 11.8. The molecule has 0 aliphatic rings. The van der Waals surface area contributed by atoms with Crippen molar-refractivity contribution in [3.8, 4) is 11.5 Å². The zero-order valence-corrected chi connectivity index (χ0v) is 12.6. The molecule has 0 fully saturated rings. The second kappa shape index (κ2) is 7.88. The van der Waals surface area contributed by atoms with E-state index in [0.29, 0.717) is 16.9 Å². The van der Waals surface area contributed by atoms with Crippen LogP contribution in [0.25, 0.3) is 5.57 Å². The van der Waals surface area contributed by atoms with E-state index in [1.165, 1.54) is 7.11 Å². The molecule has 2 aromatic rings. The van der Waals surface area contributed by atoms with E-state index in [1.807, 2.05) is 48.5 Å². The van der Waals surface area contributed by atoms with Gasteiger partial charge in [-0.25, -0.2) is 4.79 Å². The quantitative estimate of drug-likeness (QED) is 0.463. The molecule has 0 bridgehead atoms. The third-order valence-electron chi connectivity index (χ3n) is 3.05. The fraction of sp³-hybridized carbons (Fsp3) is 0.167. The fourth-order valence-corrected chi connectivity index (χ4v) is 1.99. The highest BCUT2D eigenvalue weighted by atomic mass is 16.7. The van der Waals surface area contributed by atoms with Gasteiger partial charge in [0.1, 0.15) is 11.5 Å². The van der Waals surface area contributed by atoms with Gasteiger partial charge in [0.2, 0.25) is 6.79 Å². The Balaban J connectivity index is 2.10. The van der Waals surface area contributed by atoms with Crippen molar-refractivity contribution >= 4 is 11.5 Å². The minimum absolute atomic E-state index is 0.0548. The maximum atomic E-state index is 11.8. The average Bonchev–Trinajstić information content (AvgIpc) is 2.57. The van der Waals surface area contributed by atoms with Crippen molar-refractivity contribution in [3.05, 3.63) is 66.2 Å². The molecule has 0 radical (unpaired) electrons. The topological polar surface area (TPSA) is 44.8 Å². The molecule has 0 aliphatic heterocycles. The molecule has 0 spiro atoms. The van der Waals surface area contributed by atoms with Gasteiger partial charge in [-0.2, -0.15) is 0 Å². The number of carbonyl (C=O) groups excluding carboxylic acids is 1. The number of allylic oxidation sites excluding steroid dienone is 1. The lowest BCUT2D eigenvalue weighted by Gasteiger charge is -2.13. The van der Waals surface area contributed by atoms with E-state index in [1.54, 1.807) is 19.1 Å². The number of hydrogen-bond acceptors (Lipinski definition) is 4. The van der Waals surface area contributed by atoms with E-state index in [9.17, 15) is 4.79 Å². The third kappa shape index (κ3) is 3.88. The molecule has 22 heavy (non-hydrogen) atoms. The number of rotatable bonds is 6. The van der Waals surface area contributed by atoms with Crippen LogP contribution in [0.5, 0.6) is 11.5 Å². The molecule has 2 aromatic carbocycles. The molecule has 0 atom stereocenters. The Bertz CT molecular complexity index is 647. The maximum Gasteiger partial charge on any atom is 0.338 e. The van der Waals surface area contributed by atoms with E-state index in [4.69, 9.17) is 14.2 Å². The smallest absolute Gasteiger partial charge is 0.338 e. The van der Waals surface area contributed by atoms with Gasteiger partial charge in [0.15, 0.2) is 0 Å². The zero-order chi connectivity index (χ0) is 15.8. The first-order valence-corrected chi connectivity index (χ1v) is 6.91. The molecule has 114 valence electrons. The Hall–Kier alpha value is -2.75. The van der Waals surface area contributed by atoms with Gasteiger partial charge in [0.25, 0.3) is 0 Å². The lowest BCUT2D eigenvalue weighted by atomic mass is 10.0. The molecule has 0 N–H and O–H groups in total. The van der Waals surface area contributed by atoms with Crippen LogP contribution in [0.1, 0.15) is 12.5 Å². The Morgan fingerprint density at radius 1 is 1.00 bits per heavy atom. The van der Waals surface area contributed by atoms with Crippen molar-refractivity contribution in [2.75, 3.05) is 13.9 Å². The molecular weight excluding hydrogens is 280 g/mol. The summed E-state index contributed by atoms with van der Waals surface area (Å²) in [5, 5.41) is 0. The molecule has 0 heterocycles. The van der Waals surface area contributed by atoms with E-state index >= 15 is 0 Å². The summed E-state index contributed by atoms with van der Waals surface area (Å²) < 4.78 is 15.9. The minimum Gasteiger partial charge on any atom is -0.465 e. The van der Waals surface area contributed by atoms with Gasteiger partial charge in [0.05, 0.1) is 12.7 Å². The average molecular weight is 298 g/mol. The minimum atomic E-state index is -0.400. The van der Waals surface area contributed by atoms with Crippen molar-refractivity contribution < 1.29 is 19.0 Å². The molecule has 0 aromatic heterocycles. The number of ether oxygens (including phenoxy) is 3. The van der Waals surface area contributed by atoms with E-state index in [2.05, 4.69) is 0 Å². The first-order valence-electron chi connectivity index (χ1n) is 6.91. The molecule has 0 amide bonds. The van der Waals surface area contributed by atoms with Crippen LogP contribution >= 0.6 is 0 Å². The second-order valence-electron chi connectivity index (χ2n) is 4.41. The SMILES string of the molecule is C/C=C(\C(=O)OC)c1ccccc1OCOc1ccccc1. The number of hydrogen-bond donors (Lipinski definition) is 0. The summed E-state index contributed by atoms with van der Waals surface area (Å²) in [5.74, 6) is 0.888. The van der Waals surface area contributed by atoms with Gasteiger partial charge in [-0.05, 0) is 25.1 Å². The summed E-state index contributed by atoms with van der Waals surface area (Å²) in [6, 6.07) is 16.7. The van der Waals surface area contributed by atoms with Crippen molar-refractivity contribution in [1.29, 1.82) is 0 Å². The van der Waals surface area contributed by atoms with Gasteiger partial charge in [-0.1, -0.05) is 42.5 Å². The predicted octanol–water partition coefficient (Wildman–Crippen LogP) is 3.68. The number of methoxy groups -OCH3 is 1. The molecule has 0 saturated carbocycles. The maximum absolute atomic E-state index is 11.8. The van der Waals surface area contributed by atoms with Crippen LogP contribution < -0.4 is 9.47 Å². The van der Waals surface area contributed by atoms with Gasteiger partial charge in [0, 0.05) is 5.56 Å². The highest BCUT2D eigenvalue weighted by Crippen LogP contribution is 2.27. The van der Waals surface area contributed by atoms with E-state index in [0.717, 1.165) is 5.75 Å². The first-order chi connectivity index (χ1) is 10.8.